The van der Waals surface area contributed by atoms with Crippen molar-refractivity contribution in [1.29, 1.82) is 0 Å². The van der Waals surface area contributed by atoms with Gasteiger partial charge in [-0.3, -0.25) is 0 Å². The molecule has 0 heterocycles. The SMILES string of the molecule is COc1ccc(C)cc1NCc1ccc(C(F)F)cc1. The lowest BCUT2D eigenvalue weighted by Crippen LogP contribution is -2.02. The number of benzene rings is 2. The quantitative estimate of drug-likeness (QED) is 0.865. The molecule has 2 aromatic rings. The average Bonchev–Trinajstić information content (AvgIpc) is 2.45. The minimum atomic E-state index is -2.42. The van der Waals surface area contributed by atoms with Gasteiger partial charge in [0, 0.05) is 12.1 Å². The van der Waals surface area contributed by atoms with Gasteiger partial charge < -0.3 is 10.1 Å². The number of aryl methyl sites for hydroxylation is 1. The largest absolute Gasteiger partial charge is 0.495 e. The maximum Gasteiger partial charge on any atom is 0.263 e. The van der Waals surface area contributed by atoms with E-state index in [0.29, 0.717) is 6.54 Å². The third-order valence-corrected chi connectivity index (χ3v) is 3.07. The maximum atomic E-state index is 12.5. The predicted octanol–water partition coefficient (Wildman–Crippen LogP) is 4.55. The summed E-state index contributed by atoms with van der Waals surface area (Å²) in [7, 11) is 1.62. The number of nitrogens with one attached hydrogen (secondary N) is 1. The van der Waals surface area contributed by atoms with E-state index in [1.54, 1.807) is 19.2 Å². The summed E-state index contributed by atoms with van der Waals surface area (Å²) >= 11 is 0. The number of halogens is 2. The Morgan fingerprint density at radius 1 is 1.10 bits per heavy atom. The fourth-order valence-electron chi connectivity index (χ4n) is 1.94. The lowest BCUT2D eigenvalue weighted by Gasteiger charge is -2.12. The summed E-state index contributed by atoms with van der Waals surface area (Å²) in [5.41, 5.74) is 3.01. The number of hydrogen-bond acceptors (Lipinski definition) is 2. The van der Waals surface area contributed by atoms with Crippen molar-refractivity contribution in [3.05, 3.63) is 59.2 Å². The molecule has 0 aliphatic rings. The highest BCUT2D eigenvalue weighted by Gasteiger charge is 2.06. The van der Waals surface area contributed by atoms with Gasteiger partial charge in [0.2, 0.25) is 0 Å². The molecule has 0 fully saturated rings. The minimum Gasteiger partial charge on any atom is -0.495 e. The van der Waals surface area contributed by atoms with E-state index in [-0.39, 0.29) is 5.56 Å². The third-order valence-electron chi connectivity index (χ3n) is 3.07. The van der Waals surface area contributed by atoms with E-state index >= 15 is 0 Å². The molecular weight excluding hydrogens is 260 g/mol. The Labute approximate surface area is 117 Å². The molecule has 106 valence electrons. The fraction of sp³-hybridized carbons (Fsp3) is 0.250. The molecule has 0 saturated heterocycles. The first-order chi connectivity index (χ1) is 9.60. The van der Waals surface area contributed by atoms with E-state index in [2.05, 4.69) is 5.32 Å². The van der Waals surface area contributed by atoms with Crippen LogP contribution in [0, 0.1) is 6.92 Å². The molecule has 0 radical (unpaired) electrons. The lowest BCUT2D eigenvalue weighted by molar-refractivity contribution is 0.151. The second-order valence-corrected chi connectivity index (χ2v) is 4.60. The van der Waals surface area contributed by atoms with Crippen molar-refractivity contribution in [2.24, 2.45) is 0 Å². The monoisotopic (exact) mass is 277 g/mol. The number of ether oxygens (including phenoxy) is 1. The molecule has 0 spiro atoms. The van der Waals surface area contributed by atoms with E-state index in [1.165, 1.54) is 12.1 Å². The van der Waals surface area contributed by atoms with E-state index < -0.39 is 6.43 Å². The summed E-state index contributed by atoms with van der Waals surface area (Å²) in [5, 5.41) is 3.26. The number of alkyl halides is 2. The molecule has 0 amide bonds. The second-order valence-electron chi connectivity index (χ2n) is 4.60. The lowest BCUT2D eigenvalue weighted by atomic mass is 10.1. The van der Waals surface area contributed by atoms with Crippen molar-refractivity contribution < 1.29 is 13.5 Å². The average molecular weight is 277 g/mol. The van der Waals surface area contributed by atoms with Gasteiger partial charge in [-0.15, -0.1) is 0 Å². The Kier molecular flexibility index (Phi) is 4.56. The summed E-state index contributed by atoms with van der Waals surface area (Å²) < 4.78 is 30.2. The zero-order valence-corrected chi connectivity index (χ0v) is 11.5. The molecule has 2 aromatic carbocycles. The summed E-state index contributed by atoms with van der Waals surface area (Å²) in [6, 6.07) is 12.2. The van der Waals surface area contributed by atoms with Crippen LogP contribution in [0.3, 0.4) is 0 Å². The van der Waals surface area contributed by atoms with Gasteiger partial charge in [-0.1, -0.05) is 30.3 Å². The number of methoxy groups -OCH3 is 1. The second kappa shape index (κ2) is 6.37. The number of hydrogen-bond donors (Lipinski definition) is 1. The van der Waals surface area contributed by atoms with Gasteiger partial charge >= 0.3 is 0 Å². The van der Waals surface area contributed by atoms with Crippen LogP contribution in [0.25, 0.3) is 0 Å². The van der Waals surface area contributed by atoms with Crippen molar-refractivity contribution in [1.82, 2.24) is 0 Å². The van der Waals surface area contributed by atoms with E-state index in [1.807, 2.05) is 25.1 Å². The van der Waals surface area contributed by atoms with E-state index in [9.17, 15) is 8.78 Å². The van der Waals surface area contributed by atoms with Crippen LogP contribution in [-0.4, -0.2) is 7.11 Å². The fourth-order valence-corrected chi connectivity index (χ4v) is 1.94. The van der Waals surface area contributed by atoms with Crippen LogP contribution in [0.1, 0.15) is 23.1 Å². The first-order valence-corrected chi connectivity index (χ1v) is 6.35. The highest BCUT2D eigenvalue weighted by atomic mass is 19.3. The van der Waals surface area contributed by atoms with Crippen LogP contribution in [-0.2, 0) is 6.54 Å². The summed E-state index contributed by atoms with van der Waals surface area (Å²) in [6.07, 6.45) is -2.42. The molecular formula is C16H17F2NO. The van der Waals surface area contributed by atoms with Crippen molar-refractivity contribution in [3.8, 4) is 5.75 Å². The Balaban J connectivity index is 2.06. The molecule has 0 aliphatic heterocycles. The van der Waals surface area contributed by atoms with Gasteiger partial charge in [0.25, 0.3) is 6.43 Å². The molecule has 0 aliphatic carbocycles. The molecule has 4 heteroatoms. The van der Waals surface area contributed by atoms with Crippen LogP contribution >= 0.6 is 0 Å². The predicted molar refractivity (Wildman–Crippen MR) is 76.5 cm³/mol. The van der Waals surface area contributed by atoms with Crippen molar-refractivity contribution >= 4 is 5.69 Å². The summed E-state index contributed by atoms with van der Waals surface area (Å²) in [5.74, 6) is 0.764. The van der Waals surface area contributed by atoms with Crippen molar-refractivity contribution in [2.45, 2.75) is 19.9 Å². The zero-order valence-electron chi connectivity index (χ0n) is 11.5. The van der Waals surface area contributed by atoms with E-state index in [0.717, 1.165) is 22.6 Å². The van der Waals surface area contributed by atoms with Crippen LogP contribution in [0.5, 0.6) is 5.75 Å². The molecule has 2 rings (SSSR count). The third kappa shape index (κ3) is 3.47. The molecule has 0 bridgehead atoms. The molecule has 0 atom stereocenters. The first kappa shape index (κ1) is 14.3. The highest BCUT2D eigenvalue weighted by molar-refractivity contribution is 5.58. The first-order valence-electron chi connectivity index (χ1n) is 6.35. The van der Waals surface area contributed by atoms with Crippen molar-refractivity contribution in [3.63, 3.8) is 0 Å². The Bertz CT molecular complexity index is 567. The van der Waals surface area contributed by atoms with Gasteiger partial charge in [-0.2, -0.15) is 0 Å². The Morgan fingerprint density at radius 3 is 2.40 bits per heavy atom. The molecule has 2 nitrogen and oxygen atoms in total. The van der Waals surface area contributed by atoms with Gasteiger partial charge in [-0.05, 0) is 30.2 Å². The summed E-state index contributed by atoms with van der Waals surface area (Å²) in [6.45, 7) is 2.56. The topological polar surface area (TPSA) is 21.3 Å². The highest BCUT2D eigenvalue weighted by Crippen LogP contribution is 2.26. The molecule has 1 N–H and O–H groups in total. The summed E-state index contributed by atoms with van der Waals surface area (Å²) in [4.78, 5) is 0. The molecule has 20 heavy (non-hydrogen) atoms. The maximum absolute atomic E-state index is 12.5. The van der Waals surface area contributed by atoms with Crippen LogP contribution in [0.15, 0.2) is 42.5 Å². The number of rotatable bonds is 5. The van der Waals surface area contributed by atoms with Crippen LogP contribution < -0.4 is 10.1 Å². The minimum absolute atomic E-state index is 0.0434. The molecule has 0 aromatic heterocycles. The number of anilines is 1. The standard InChI is InChI=1S/C16H17F2NO/c1-11-3-8-15(20-2)14(9-11)19-10-12-4-6-13(7-5-12)16(17)18/h3-9,16,19H,10H2,1-2H3. The zero-order chi connectivity index (χ0) is 14.5. The Hall–Kier alpha value is -2.10. The normalized spacial score (nSPS) is 10.7. The van der Waals surface area contributed by atoms with Crippen LogP contribution in [0.2, 0.25) is 0 Å². The van der Waals surface area contributed by atoms with Gasteiger partial charge in [0.1, 0.15) is 5.75 Å². The van der Waals surface area contributed by atoms with Gasteiger partial charge in [-0.25, -0.2) is 8.78 Å². The molecule has 0 unspecified atom stereocenters. The van der Waals surface area contributed by atoms with Gasteiger partial charge in [0.05, 0.1) is 12.8 Å². The smallest absolute Gasteiger partial charge is 0.263 e. The van der Waals surface area contributed by atoms with Crippen molar-refractivity contribution in [2.75, 3.05) is 12.4 Å². The molecule has 0 saturated carbocycles. The van der Waals surface area contributed by atoms with E-state index in [4.69, 9.17) is 4.74 Å². The Morgan fingerprint density at radius 2 is 1.80 bits per heavy atom. The van der Waals surface area contributed by atoms with Gasteiger partial charge in [0.15, 0.2) is 0 Å². The van der Waals surface area contributed by atoms with Crippen LogP contribution in [0.4, 0.5) is 14.5 Å².